The summed E-state index contributed by atoms with van der Waals surface area (Å²) in [5, 5.41) is 2.13. The van der Waals surface area contributed by atoms with Crippen molar-refractivity contribution in [1.29, 1.82) is 0 Å². The zero-order valence-corrected chi connectivity index (χ0v) is 11.4. The van der Waals surface area contributed by atoms with Gasteiger partial charge in [0.1, 0.15) is 0 Å². The SMILES string of the molecule is O=C(c1sccc1Br)C1CSCCS1. The van der Waals surface area contributed by atoms with E-state index < -0.39 is 0 Å². The van der Waals surface area contributed by atoms with E-state index in [1.54, 1.807) is 11.8 Å². The van der Waals surface area contributed by atoms with Gasteiger partial charge in [0.2, 0.25) is 0 Å². The second-order valence-electron chi connectivity index (χ2n) is 2.90. The average Bonchev–Trinajstić information content (AvgIpc) is 2.65. The van der Waals surface area contributed by atoms with Crippen LogP contribution in [0.5, 0.6) is 0 Å². The second kappa shape index (κ2) is 5.05. The normalized spacial score (nSPS) is 22.2. The Balaban J connectivity index is 2.11. The molecular formula is C9H9BrOS3. The zero-order valence-electron chi connectivity index (χ0n) is 7.36. The van der Waals surface area contributed by atoms with E-state index in [2.05, 4.69) is 15.9 Å². The highest BCUT2D eigenvalue weighted by atomic mass is 79.9. The molecule has 0 N–H and O–H groups in total. The molecule has 1 aromatic heterocycles. The van der Waals surface area contributed by atoms with Crippen molar-refractivity contribution < 1.29 is 4.79 Å². The van der Waals surface area contributed by atoms with Crippen molar-refractivity contribution in [3.05, 3.63) is 20.8 Å². The van der Waals surface area contributed by atoms with Crippen LogP contribution in [0.15, 0.2) is 15.9 Å². The van der Waals surface area contributed by atoms with E-state index >= 15 is 0 Å². The lowest BCUT2D eigenvalue weighted by atomic mass is 10.2. The summed E-state index contributed by atoms with van der Waals surface area (Å²) < 4.78 is 0.948. The fraction of sp³-hybridized carbons (Fsp3) is 0.444. The fourth-order valence-electron chi connectivity index (χ4n) is 1.25. The van der Waals surface area contributed by atoms with Crippen LogP contribution in [0.2, 0.25) is 0 Å². The van der Waals surface area contributed by atoms with Crippen molar-refractivity contribution in [3.63, 3.8) is 0 Å². The van der Waals surface area contributed by atoms with Crippen molar-refractivity contribution >= 4 is 56.6 Å². The van der Waals surface area contributed by atoms with Crippen molar-refractivity contribution in [1.82, 2.24) is 0 Å². The number of ketones is 1. The average molecular weight is 309 g/mol. The molecule has 2 rings (SSSR count). The van der Waals surface area contributed by atoms with Crippen LogP contribution in [0.4, 0.5) is 0 Å². The van der Waals surface area contributed by atoms with Gasteiger partial charge in [-0.25, -0.2) is 0 Å². The zero-order chi connectivity index (χ0) is 9.97. The van der Waals surface area contributed by atoms with Crippen LogP contribution in [0, 0.1) is 0 Å². The van der Waals surface area contributed by atoms with Crippen LogP contribution in [0.3, 0.4) is 0 Å². The molecule has 1 fully saturated rings. The summed E-state index contributed by atoms with van der Waals surface area (Å²) in [4.78, 5) is 12.9. The molecule has 1 aromatic rings. The first-order chi connectivity index (χ1) is 6.79. The van der Waals surface area contributed by atoms with Crippen LogP contribution >= 0.6 is 50.8 Å². The first-order valence-electron chi connectivity index (χ1n) is 4.25. The lowest BCUT2D eigenvalue weighted by Gasteiger charge is -2.19. The van der Waals surface area contributed by atoms with Gasteiger partial charge in [-0.2, -0.15) is 11.8 Å². The predicted molar refractivity (Wildman–Crippen MR) is 69.9 cm³/mol. The molecule has 0 amide bonds. The van der Waals surface area contributed by atoms with E-state index in [0.29, 0.717) is 5.78 Å². The number of hydrogen-bond acceptors (Lipinski definition) is 4. The molecule has 1 aliphatic heterocycles. The Hall–Kier alpha value is 0.550. The highest BCUT2D eigenvalue weighted by Crippen LogP contribution is 2.31. The van der Waals surface area contributed by atoms with Gasteiger partial charge in [0, 0.05) is 21.7 Å². The summed E-state index contributed by atoms with van der Waals surface area (Å²) in [5.74, 6) is 3.54. The van der Waals surface area contributed by atoms with Gasteiger partial charge in [0.25, 0.3) is 0 Å². The molecule has 1 nitrogen and oxygen atoms in total. The van der Waals surface area contributed by atoms with E-state index in [4.69, 9.17) is 0 Å². The summed E-state index contributed by atoms with van der Waals surface area (Å²) in [6.45, 7) is 0. The van der Waals surface area contributed by atoms with Gasteiger partial charge in [-0.15, -0.1) is 23.1 Å². The van der Waals surface area contributed by atoms with E-state index in [1.807, 2.05) is 23.2 Å². The molecule has 0 aromatic carbocycles. The van der Waals surface area contributed by atoms with Crippen molar-refractivity contribution in [2.24, 2.45) is 0 Å². The van der Waals surface area contributed by atoms with Crippen LogP contribution in [-0.2, 0) is 0 Å². The van der Waals surface area contributed by atoms with Gasteiger partial charge in [0.05, 0.1) is 10.1 Å². The van der Waals surface area contributed by atoms with Crippen molar-refractivity contribution in [2.45, 2.75) is 5.25 Å². The number of carbonyl (C=O) groups is 1. The number of carbonyl (C=O) groups excluding carboxylic acids is 1. The molecule has 0 saturated carbocycles. The third-order valence-corrected chi connectivity index (χ3v) is 6.56. The molecule has 0 aliphatic carbocycles. The molecule has 5 heteroatoms. The molecule has 1 unspecified atom stereocenters. The highest BCUT2D eigenvalue weighted by molar-refractivity contribution is 9.10. The Labute approximate surface area is 104 Å². The van der Waals surface area contributed by atoms with Crippen LogP contribution in [0.25, 0.3) is 0 Å². The summed E-state index contributed by atoms with van der Waals surface area (Å²) >= 11 is 8.62. The minimum absolute atomic E-state index is 0.170. The number of halogens is 1. The topological polar surface area (TPSA) is 17.1 Å². The number of rotatable bonds is 2. The molecule has 1 atom stereocenters. The quantitative estimate of drug-likeness (QED) is 0.778. The third kappa shape index (κ3) is 2.38. The Morgan fingerprint density at radius 2 is 2.36 bits per heavy atom. The van der Waals surface area contributed by atoms with Gasteiger partial charge < -0.3 is 0 Å². The summed E-state index contributed by atoms with van der Waals surface area (Å²) in [6.07, 6.45) is 0. The van der Waals surface area contributed by atoms with E-state index in [1.165, 1.54) is 17.1 Å². The van der Waals surface area contributed by atoms with Crippen LogP contribution < -0.4 is 0 Å². The van der Waals surface area contributed by atoms with Gasteiger partial charge in [-0.05, 0) is 27.4 Å². The lowest BCUT2D eigenvalue weighted by molar-refractivity contribution is 0.0998. The molecule has 1 aliphatic rings. The summed E-state index contributed by atoms with van der Waals surface area (Å²) in [5.41, 5.74) is 0. The predicted octanol–water partition coefficient (Wildman–Crippen LogP) is 3.54. The van der Waals surface area contributed by atoms with E-state index in [-0.39, 0.29) is 5.25 Å². The number of thiophene rings is 1. The molecule has 0 bridgehead atoms. The molecule has 1 saturated heterocycles. The first-order valence-corrected chi connectivity index (χ1v) is 8.13. The van der Waals surface area contributed by atoms with E-state index in [0.717, 1.165) is 20.9 Å². The Morgan fingerprint density at radius 3 is 2.93 bits per heavy atom. The molecule has 14 heavy (non-hydrogen) atoms. The molecule has 76 valence electrons. The minimum Gasteiger partial charge on any atom is -0.292 e. The molecule has 0 radical (unpaired) electrons. The number of Topliss-reactive ketones (excluding diaryl/α,β-unsaturated/α-hetero) is 1. The molecule has 2 heterocycles. The standard InChI is InChI=1S/C9H9BrOS3/c10-6-1-2-14-9(6)8(11)7-5-12-3-4-13-7/h1-2,7H,3-5H2. The highest BCUT2D eigenvalue weighted by Gasteiger charge is 2.25. The largest absolute Gasteiger partial charge is 0.292 e. The number of hydrogen-bond donors (Lipinski definition) is 0. The Bertz CT molecular complexity index is 331. The van der Waals surface area contributed by atoms with Crippen LogP contribution in [0.1, 0.15) is 9.67 Å². The van der Waals surface area contributed by atoms with Gasteiger partial charge >= 0.3 is 0 Å². The maximum absolute atomic E-state index is 12.0. The number of thioether (sulfide) groups is 2. The molecule has 0 spiro atoms. The van der Waals surface area contributed by atoms with Crippen molar-refractivity contribution in [2.75, 3.05) is 17.3 Å². The minimum atomic E-state index is 0.170. The van der Waals surface area contributed by atoms with E-state index in [9.17, 15) is 4.79 Å². The van der Waals surface area contributed by atoms with Crippen molar-refractivity contribution in [3.8, 4) is 0 Å². The smallest absolute Gasteiger partial charge is 0.187 e. The van der Waals surface area contributed by atoms with Gasteiger partial charge in [-0.3, -0.25) is 4.79 Å². The maximum Gasteiger partial charge on any atom is 0.187 e. The first kappa shape index (κ1) is 11.0. The van der Waals surface area contributed by atoms with Crippen LogP contribution in [-0.4, -0.2) is 28.3 Å². The lowest BCUT2D eigenvalue weighted by Crippen LogP contribution is -2.23. The monoisotopic (exact) mass is 308 g/mol. The Kier molecular flexibility index (Phi) is 3.99. The van der Waals surface area contributed by atoms with Gasteiger partial charge in [-0.1, -0.05) is 0 Å². The third-order valence-electron chi connectivity index (χ3n) is 1.95. The Morgan fingerprint density at radius 1 is 1.50 bits per heavy atom. The van der Waals surface area contributed by atoms with Gasteiger partial charge in [0.15, 0.2) is 5.78 Å². The fourth-order valence-corrected chi connectivity index (χ4v) is 5.51. The summed E-state index contributed by atoms with van der Waals surface area (Å²) in [6, 6.07) is 1.94. The second-order valence-corrected chi connectivity index (χ2v) is 7.13. The maximum atomic E-state index is 12.0. The summed E-state index contributed by atoms with van der Waals surface area (Å²) in [7, 11) is 0. The molecular weight excluding hydrogens is 300 g/mol.